The number of hydrazine groups is 1. The molecule has 6 heteroatoms. The number of nitrogens with two attached hydrogens (primary N) is 1. The highest BCUT2D eigenvalue weighted by Gasteiger charge is 2.24. The Labute approximate surface area is 95.6 Å². The second kappa shape index (κ2) is 5.36. The van der Waals surface area contributed by atoms with Gasteiger partial charge in [0.05, 0.1) is 7.05 Å². The van der Waals surface area contributed by atoms with E-state index in [9.17, 15) is 0 Å². The van der Waals surface area contributed by atoms with Gasteiger partial charge in [0.15, 0.2) is 5.82 Å². The van der Waals surface area contributed by atoms with E-state index in [1.165, 1.54) is 36.9 Å². The summed E-state index contributed by atoms with van der Waals surface area (Å²) < 4.78 is 0. The number of aryl methyl sites for hydroxylation is 1. The molecule has 0 saturated heterocycles. The summed E-state index contributed by atoms with van der Waals surface area (Å²) in [5, 5.41) is 12.0. The monoisotopic (exact) mass is 224 g/mol. The number of rotatable bonds is 4. The first kappa shape index (κ1) is 11.5. The van der Waals surface area contributed by atoms with Crippen molar-refractivity contribution in [2.45, 2.75) is 44.6 Å². The first-order valence-corrected chi connectivity index (χ1v) is 5.98. The first-order valence-electron chi connectivity index (χ1n) is 5.98. The van der Waals surface area contributed by atoms with Gasteiger partial charge in [0.2, 0.25) is 0 Å². The van der Waals surface area contributed by atoms with Gasteiger partial charge in [-0.3, -0.25) is 11.3 Å². The van der Waals surface area contributed by atoms with E-state index < -0.39 is 0 Å². The van der Waals surface area contributed by atoms with Crippen LogP contribution in [0.5, 0.6) is 0 Å². The minimum absolute atomic E-state index is 0.282. The van der Waals surface area contributed by atoms with E-state index in [2.05, 4.69) is 20.8 Å². The molecule has 1 saturated carbocycles. The van der Waals surface area contributed by atoms with E-state index >= 15 is 0 Å². The first-order chi connectivity index (χ1) is 7.79. The third-order valence-corrected chi connectivity index (χ3v) is 3.39. The van der Waals surface area contributed by atoms with Crippen molar-refractivity contribution in [3.63, 3.8) is 0 Å². The van der Waals surface area contributed by atoms with Crippen LogP contribution in [0.4, 0.5) is 0 Å². The highest BCUT2D eigenvalue weighted by molar-refractivity contribution is 4.88. The summed E-state index contributed by atoms with van der Waals surface area (Å²) in [4.78, 5) is 1.49. The number of nitrogens with zero attached hydrogens (tertiary/aromatic N) is 4. The predicted molar refractivity (Wildman–Crippen MR) is 60.2 cm³/mol. The molecule has 1 fully saturated rings. The van der Waals surface area contributed by atoms with Crippen molar-refractivity contribution >= 4 is 0 Å². The van der Waals surface area contributed by atoms with Gasteiger partial charge in [-0.15, -0.1) is 10.2 Å². The molecule has 1 heterocycles. The Hall–Kier alpha value is -1.01. The minimum atomic E-state index is 0.282. The van der Waals surface area contributed by atoms with Crippen molar-refractivity contribution in [1.29, 1.82) is 0 Å². The average Bonchev–Trinajstić information content (AvgIpc) is 2.73. The molecule has 0 spiro atoms. The normalized spacial score (nSPS) is 19.9. The van der Waals surface area contributed by atoms with E-state index in [1.807, 2.05) is 0 Å². The summed E-state index contributed by atoms with van der Waals surface area (Å²) >= 11 is 0. The number of tetrazole rings is 1. The molecule has 0 bridgehead atoms. The molecule has 1 atom stereocenters. The third kappa shape index (κ3) is 2.76. The standard InChI is InChI=1S/C10H20N6/c1-16-14-10(13-15-16)7-9(12-11)8-5-3-2-4-6-8/h8-9,12H,2-7,11H2,1H3. The van der Waals surface area contributed by atoms with Gasteiger partial charge >= 0.3 is 0 Å². The molecule has 3 N–H and O–H groups in total. The molecule has 0 aliphatic heterocycles. The fourth-order valence-corrected chi connectivity index (χ4v) is 2.50. The van der Waals surface area contributed by atoms with Crippen molar-refractivity contribution in [3.05, 3.63) is 5.82 Å². The van der Waals surface area contributed by atoms with Crippen molar-refractivity contribution in [3.8, 4) is 0 Å². The lowest BCUT2D eigenvalue weighted by Crippen LogP contribution is -2.43. The van der Waals surface area contributed by atoms with Crippen molar-refractivity contribution in [2.24, 2.45) is 18.8 Å². The zero-order chi connectivity index (χ0) is 11.4. The average molecular weight is 224 g/mol. The number of hydrogen-bond donors (Lipinski definition) is 2. The Bertz CT molecular complexity index is 317. The molecule has 1 aromatic heterocycles. The van der Waals surface area contributed by atoms with Gasteiger partial charge in [0.25, 0.3) is 0 Å². The van der Waals surface area contributed by atoms with Gasteiger partial charge in [0.1, 0.15) is 0 Å². The summed E-state index contributed by atoms with van der Waals surface area (Å²) in [6.07, 6.45) is 7.28. The molecule has 90 valence electrons. The van der Waals surface area contributed by atoms with Crippen molar-refractivity contribution in [2.75, 3.05) is 0 Å². The molecule has 1 aliphatic carbocycles. The molecule has 0 amide bonds. The maximum Gasteiger partial charge on any atom is 0.176 e. The van der Waals surface area contributed by atoms with Crippen LogP contribution in [-0.2, 0) is 13.5 Å². The number of hydrogen-bond acceptors (Lipinski definition) is 5. The second-order valence-corrected chi connectivity index (χ2v) is 4.57. The molecule has 0 aromatic carbocycles. The SMILES string of the molecule is Cn1nnc(CC(NN)C2CCCCC2)n1. The Morgan fingerprint density at radius 1 is 1.44 bits per heavy atom. The van der Waals surface area contributed by atoms with Crippen LogP contribution in [0, 0.1) is 5.92 Å². The van der Waals surface area contributed by atoms with Crippen LogP contribution in [0.25, 0.3) is 0 Å². The van der Waals surface area contributed by atoms with Gasteiger partial charge in [-0.25, -0.2) is 0 Å². The van der Waals surface area contributed by atoms with Gasteiger partial charge in [-0.1, -0.05) is 19.3 Å². The van der Waals surface area contributed by atoms with Crippen LogP contribution in [0.3, 0.4) is 0 Å². The van der Waals surface area contributed by atoms with Crippen LogP contribution in [0.15, 0.2) is 0 Å². The third-order valence-electron chi connectivity index (χ3n) is 3.39. The molecular formula is C10H20N6. The predicted octanol–water partition coefficient (Wildman–Crippen LogP) is 0.165. The van der Waals surface area contributed by atoms with E-state index in [4.69, 9.17) is 5.84 Å². The molecule has 1 unspecified atom stereocenters. The molecular weight excluding hydrogens is 204 g/mol. The quantitative estimate of drug-likeness (QED) is 0.562. The summed E-state index contributed by atoms with van der Waals surface area (Å²) in [7, 11) is 1.78. The zero-order valence-corrected chi connectivity index (χ0v) is 9.76. The van der Waals surface area contributed by atoms with Gasteiger partial charge in [0, 0.05) is 12.5 Å². The Balaban J connectivity index is 1.94. The maximum atomic E-state index is 5.63. The van der Waals surface area contributed by atoms with Gasteiger partial charge in [-0.2, -0.15) is 4.80 Å². The lowest BCUT2D eigenvalue weighted by atomic mass is 9.83. The molecule has 6 nitrogen and oxygen atoms in total. The van der Waals surface area contributed by atoms with E-state index in [-0.39, 0.29) is 6.04 Å². The highest BCUT2D eigenvalue weighted by atomic mass is 15.6. The largest absolute Gasteiger partial charge is 0.271 e. The summed E-state index contributed by atoms with van der Waals surface area (Å²) in [5.74, 6) is 7.05. The van der Waals surface area contributed by atoms with Crippen molar-refractivity contribution in [1.82, 2.24) is 25.6 Å². The highest BCUT2D eigenvalue weighted by Crippen LogP contribution is 2.27. The number of nitrogens with one attached hydrogen (secondary N) is 1. The Kier molecular flexibility index (Phi) is 3.84. The topological polar surface area (TPSA) is 81.7 Å². The van der Waals surface area contributed by atoms with Crippen LogP contribution in [-0.4, -0.2) is 26.2 Å². The van der Waals surface area contributed by atoms with Gasteiger partial charge in [-0.05, 0) is 24.0 Å². The second-order valence-electron chi connectivity index (χ2n) is 4.57. The Morgan fingerprint density at radius 2 is 2.19 bits per heavy atom. The summed E-state index contributed by atoms with van der Waals surface area (Å²) in [6, 6.07) is 0.282. The molecule has 16 heavy (non-hydrogen) atoms. The van der Waals surface area contributed by atoms with Crippen LogP contribution < -0.4 is 11.3 Å². The zero-order valence-electron chi connectivity index (χ0n) is 9.76. The minimum Gasteiger partial charge on any atom is -0.271 e. The smallest absolute Gasteiger partial charge is 0.176 e. The van der Waals surface area contributed by atoms with E-state index in [0.29, 0.717) is 5.92 Å². The van der Waals surface area contributed by atoms with E-state index in [1.54, 1.807) is 7.05 Å². The maximum absolute atomic E-state index is 5.63. The molecule has 1 aromatic rings. The van der Waals surface area contributed by atoms with Crippen LogP contribution in [0.2, 0.25) is 0 Å². The van der Waals surface area contributed by atoms with Crippen LogP contribution in [0.1, 0.15) is 37.9 Å². The molecule has 1 aliphatic rings. The van der Waals surface area contributed by atoms with Crippen molar-refractivity contribution < 1.29 is 0 Å². The summed E-state index contributed by atoms with van der Waals surface area (Å²) in [6.45, 7) is 0. The van der Waals surface area contributed by atoms with Gasteiger partial charge < -0.3 is 0 Å². The fourth-order valence-electron chi connectivity index (χ4n) is 2.50. The number of aromatic nitrogens is 4. The molecule has 2 rings (SSSR count). The lowest BCUT2D eigenvalue weighted by molar-refractivity contribution is 0.266. The molecule has 0 radical (unpaired) electrons. The lowest BCUT2D eigenvalue weighted by Gasteiger charge is -2.28. The summed E-state index contributed by atoms with van der Waals surface area (Å²) in [5.41, 5.74) is 2.91. The fraction of sp³-hybridized carbons (Fsp3) is 0.900. The Morgan fingerprint density at radius 3 is 2.75 bits per heavy atom. The van der Waals surface area contributed by atoms with E-state index in [0.717, 1.165) is 12.2 Å². The van der Waals surface area contributed by atoms with Crippen LogP contribution >= 0.6 is 0 Å².